The molecule has 0 aliphatic carbocycles. The number of sulfone groups is 1. The molecule has 4 heteroatoms. The van der Waals surface area contributed by atoms with Gasteiger partial charge in [-0.1, -0.05) is 30.3 Å². The average Bonchev–Trinajstić information content (AvgIpc) is 2.34. The average molecular weight is 311 g/mol. The molecule has 1 unspecified atom stereocenters. The van der Waals surface area contributed by atoms with Crippen molar-refractivity contribution >= 4 is 9.84 Å². The predicted molar refractivity (Wildman–Crippen MR) is 90.3 cm³/mol. The molecule has 1 aromatic carbocycles. The summed E-state index contributed by atoms with van der Waals surface area (Å²) in [5, 5.41) is 3.54. The lowest BCUT2D eigenvalue weighted by Gasteiger charge is -2.25. The van der Waals surface area contributed by atoms with Crippen LogP contribution in [0.3, 0.4) is 0 Å². The maximum absolute atomic E-state index is 11.3. The van der Waals surface area contributed by atoms with E-state index in [1.54, 1.807) is 0 Å². The van der Waals surface area contributed by atoms with E-state index in [2.05, 4.69) is 50.4 Å². The summed E-state index contributed by atoms with van der Waals surface area (Å²) in [6, 6.07) is 10.4. The molecule has 1 aromatic rings. The molecule has 0 amide bonds. The summed E-state index contributed by atoms with van der Waals surface area (Å²) >= 11 is 0. The molecule has 1 atom stereocenters. The molecular weight excluding hydrogens is 282 g/mol. The van der Waals surface area contributed by atoms with Crippen LogP contribution in [0.2, 0.25) is 0 Å². The van der Waals surface area contributed by atoms with Crippen LogP contribution < -0.4 is 5.32 Å². The lowest BCUT2D eigenvalue weighted by Crippen LogP contribution is -2.39. The molecule has 0 fully saturated rings. The van der Waals surface area contributed by atoms with Gasteiger partial charge in [0.1, 0.15) is 9.84 Å². The molecule has 0 aliphatic rings. The zero-order valence-electron chi connectivity index (χ0n) is 13.7. The van der Waals surface area contributed by atoms with Crippen molar-refractivity contribution in [1.29, 1.82) is 0 Å². The topological polar surface area (TPSA) is 46.2 Å². The fraction of sp³-hybridized carbons (Fsp3) is 0.647. The van der Waals surface area contributed by atoms with Crippen LogP contribution in [0.5, 0.6) is 0 Å². The molecule has 0 saturated carbocycles. The first-order chi connectivity index (χ1) is 9.66. The van der Waals surface area contributed by atoms with E-state index in [0.29, 0.717) is 5.92 Å². The molecule has 0 heterocycles. The smallest absolute Gasteiger partial charge is 0.147 e. The number of hydrogen-bond acceptors (Lipinski definition) is 3. The molecule has 0 aromatic heterocycles. The molecule has 1 rings (SSSR count). The highest BCUT2D eigenvalue weighted by Gasteiger charge is 2.15. The van der Waals surface area contributed by atoms with Crippen molar-refractivity contribution in [2.24, 2.45) is 5.92 Å². The summed E-state index contributed by atoms with van der Waals surface area (Å²) < 4.78 is 22.5. The van der Waals surface area contributed by atoms with Crippen LogP contribution >= 0.6 is 0 Å². The van der Waals surface area contributed by atoms with E-state index in [1.807, 2.05) is 6.07 Å². The third kappa shape index (κ3) is 9.64. The van der Waals surface area contributed by atoms with Gasteiger partial charge in [-0.2, -0.15) is 0 Å². The van der Waals surface area contributed by atoms with E-state index in [-0.39, 0.29) is 11.3 Å². The minimum Gasteiger partial charge on any atom is -0.312 e. The Balaban J connectivity index is 2.57. The minimum atomic E-state index is -2.86. The van der Waals surface area contributed by atoms with Gasteiger partial charge in [-0.05, 0) is 58.1 Å². The van der Waals surface area contributed by atoms with E-state index < -0.39 is 9.84 Å². The largest absolute Gasteiger partial charge is 0.312 e. The first kappa shape index (κ1) is 18.2. The van der Waals surface area contributed by atoms with Gasteiger partial charge in [-0.25, -0.2) is 8.42 Å². The first-order valence-electron chi connectivity index (χ1n) is 7.62. The van der Waals surface area contributed by atoms with Crippen LogP contribution in [-0.2, 0) is 16.3 Å². The first-order valence-corrected chi connectivity index (χ1v) is 9.68. The third-order valence-corrected chi connectivity index (χ3v) is 4.45. The summed E-state index contributed by atoms with van der Waals surface area (Å²) in [7, 11) is -2.86. The van der Waals surface area contributed by atoms with Gasteiger partial charge in [0.2, 0.25) is 0 Å². The Hall–Kier alpha value is -0.870. The van der Waals surface area contributed by atoms with Crippen LogP contribution in [0.4, 0.5) is 0 Å². The Morgan fingerprint density at radius 1 is 1.14 bits per heavy atom. The summed E-state index contributed by atoms with van der Waals surface area (Å²) in [6.45, 7) is 7.39. The monoisotopic (exact) mass is 311 g/mol. The highest BCUT2D eigenvalue weighted by atomic mass is 32.2. The van der Waals surface area contributed by atoms with Crippen molar-refractivity contribution in [3.8, 4) is 0 Å². The second-order valence-electron chi connectivity index (χ2n) is 6.96. The summed E-state index contributed by atoms with van der Waals surface area (Å²) in [5.74, 6) is 0.752. The van der Waals surface area contributed by atoms with Gasteiger partial charge >= 0.3 is 0 Å². The molecule has 0 saturated heterocycles. The quantitative estimate of drug-likeness (QED) is 0.802. The van der Waals surface area contributed by atoms with Gasteiger partial charge in [0.15, 0.2) is 0 Å². The lowest BCUT2D eigenvalue weighted by atomic mass is 9.94. The SMILES string of the molecule is CC(C)(C)NCC(CCCS(C)(=O)=O)Cc1ccccc1. The van der Waals surface area contributed by atoms with Crippen molar-refractivity contribution < 1.29 is 8.42 Å². The Labute approximate surface area is 130 Å². The lowest BCUT2D eigenvalue weighted by molar-refractivity contribution is 0.355. The highest BCUT2D eigenvalue weighted by Crippen LogP contribution is 2.15. The minimum absolute atomic E-state index is 0.0891. The van der Waals surface area contributed by atoms with Crippen LogP contribution in [0.15, 0.2) is 30.3 Å². The molecular formula is C17H29NO2S. The van der Waals surface area contributed by atoms with E-state index in [1.165, 1.54) is 11.8 Å². The molecule has 21 heavy (non-hydrogen) atoms. The van der Waals surface area contributed by atoms with Crippen LogP contribution in [0.1, 0.15) is 39.2 Å². The van der Waals surface area contributed by atoms with Gasteiger partial charge in [0.05, 0.1) is 0 Å². The van der Waals surface area contributed by atoms with Gasteiger partial charge in [-0.3, -0.25) is 0 Å². The normalized spacial score (nSPS) is 14.1. The van der Waals surface area contributed by atoms with Gasteiger partial charge in [0.25, 0.3) is 0 Å². The summed E-state index contributed by atoms with van der Waals surface area (Å²) in [4.78, 5) is 0. The second kappa shape index (κ2) is 7.95. The number of hydrogen-bond donors (Lipinski definition) is 1. The molecule has 0 bridgehead atoms. The number of rotatable bonds is 8. The fourth-order valence-electron chi connectivity index (χ4n) is 2.31. The fourth-order valence-corrected chi connectivity index (χ4v) is 3.00. The van der Waals surface area contributed by atoms with Crippen molar-refractivity contribution in [2.45, 2.75) is 45.6 Å². The van der Waals surface area contributed by atoms with Crippen LogP contribution in [-0.4, -0.2) is 32.5 Å². The Morgan fingerprint density at radius 3 is 2.29 bits per heavy atom. The Kier molecular flexibility index (Phi) is 6.88. The molecule has 0 spiro atoms. The maximum Gasteiger partial charge on any atom is 0.147 e. The zero-order chi connectivity index (χ0) is 15.9. The van der Waals surface area contributed by atoms with Crippen molar-refractivity contribution in [3.05, 3.63) is 35.9 Å². The summed E-state index contributed by atoms with van der Waals surface area (Å²) in [6.07, 6.45) is 3.98. The van der Waals surface area contributed by atoms with Crippen molar-refractivity contribution in [2.75, 3.05) is 18.6 Å². The highest BCUT2D eigenvalue weighted by molar-refractivity contribution is 7.90. The molecule has 3 nitrogen and oxygen atoms in total. The zero-order valence-corrected chi connectivity index (χ0v) is 14.5. The van der Waals surface area contributed by atoms with Crippen molar-refractivity contribution in [1.82, 2.24) is 5.32 Å². The standard InChI is InChI=1S/C17H29NO2S/c1-17(2,3)18-14-16(11-8-12-21(4,19)20)13-15-9-6-5-7-10-15/h5-7,9-10,16,18H,8,11-14H2,1-4H3. The molecule has 0 aliphatic heterocycles. The van der Waals surface area contributed by atoms with E-state index in [9.17, 15) is 8.42 Å². The predicted octanol–water partition coefficient (Wildman–Crippen LogP) is 3.06. The molecule has 120 valence electrons. The van der Waals surface area contributed by atoms with Gasteiger partial charge in [-0.15, -0.1) is 0 Å². The number of nitrogens with one attached hydrogen (secondary N) is 1. The van der Waals surface area contributed by atoms with Gasteiger partial charge < -0.3 is 5.32 Å². The summed E-state index contributed by atoms with van der Waals surface area (Å²) in [5.41, 5.74) is 1.41. The van der Waals surface area contributed by atoms with Crippen LogP contribution in [0.25, 0.3) is 0 Å². The maximum atomic E-state index is 11.3. The van der Waals surface area contributed by atoms with Crippen LogP contribution in [0, 0.1) is 5.92 Å². The Morgan fingerprint density at radius 2 is 1.76 bits per heavy atom. The van der Waals surface area contributed by atoms with Crippen molar-refractivity contribution in [3.63, 3.8) is 0 Å². The van der Waals surface area contributed by atoms with E-state index in [0.717, 1.165) is 25.8 Å². The van der Waals surface area contributed by atoms with E-state index in [4.69, 9.17) is 0 Å². The van der Waals surface area contributed by atoms with E-state index >= 15 is 0 Å². The molecule has 1 N–H and O–H groups in total. The second-order valence-corrected chi connectivity index (χ2v) is 9.22. The number of benzene rings is 1. The third-order valence-electron chi connectivity index (χ3n) is 3.42. The Bertz CT molecular complexity index is 503. The molecule has 0 radical (unpaired) electrons. The van der Waals surface area contributed by atoms with Gasteiger partial charge in [0, 0.05) is 17.5 Å².